The molecule has 4 nitrogen and oxygen atoms in total. The molecule has 1 amide bonds. The molecular weight excluding hydrogens is 254 g/mol. The van der Waals surface area contributed by atoms with E-state index in [1.54, 1.807) is 30.1 Å². The maximum Gasteiger partial charge on any atom is 0.336 e. The molecule has 4 heteroatoms. The molecule has 0 atom stereocenters. The van der Waals surface area contributed by atoms with E-state index < -0.39 is 5.97 Å². The largest absolute Gasteiger partial charge is 0.478 e. The van der Waals surface area contributed by atoms with Crippen LogP contribution < -0.4 is 0 Å². The Morgan fingerprint density at radius 1 is 1.05 bits per heavy atom. The van der Waals surface area contributed by atoms with Crippen molar-refractivity contribution in [2.75, 3.05) is 7.05 Å². The first-order valence-electron chi connectivity index (χ1n) is 6.45. The highest BCUT2D eigenvalue weighted by Gasteiger charge is 2.20. The molecule has 0 fully saturated rings. The van der Waals surface area contributed by atoms with Crippen molar-refractivity contribution in [3.8, 4) is 0 Å². The molecule has 104 valence electrons. The predicted octanol–water partition coefficient (Wildman–Crippen LogP) is 3.02. The number of hydrogen-bond donors (Lipinski definition) is 1. The molecule has 0 aliphatic heterocycles. The molecular formula is C16H17NO3. The molecule has 0 radical (unpaired) electrons. The number of carbonyl (C=O) groups is 2. The van der Waals surface area contributed by atoms with Crippen molar-refractivity contribution in [1.29, 1.82) is 0 Å². The second-order valence-corrected chi connectivity index (χ2v) is 5.02. The molecule has 20 heavy (non-hydrogen) atoms. The minimum absolute atomic E-state index is 0.0507. The monoisotopic (exact) mass is 271 g/mol. The van der Waals surface area contributed by atoms with Crippen LogP contribution in [-0.2, 0) is 0 Å². The Morgan fingerprint density at radius 3 is 2.10 bits per heavy atom. The van der Waals surface area contributed by atoms with E-state index in [0.717, 1.165) is 5.39 Å². The zero-order chi connectivity index (χ0) is 14.9. The molecule has 0 saturated carbocycles. The van der Waals surface area contributed by atoms with Gasteiger partial charge in [0.05, 0.1) is 5.56 Å². The Hall–Kier alpha value is -2.36. The number of rotatable bonds is 3. The van der Waals surface area contributed by atoms with E-state index in [-0.39, 0.29) is 17.5 Å². The van der Waals surface area contributed by atoms with Crippen molar-refractivity contribution >= 4 is 22.6 Å². The van der Waals surface area contributed by atoms with Gasteiger partial charge < -0.3 is 10.0 Å². The van der Waals surface area contributed by atoms with Gasteiger partial charge in [0, 0.05) is 24.0 Å². The summed E-state index contributed by atoms with van der Waals surface area (Å²) in [4.78, 5) is 25.5. The summed E-state index contributed by atoms with van der Waals surface area (Å²) in [5, 5.41) is 10.6. The Labute approximate surface area is 117 Å². The highest BCUT2D eigenvalue weighted by molar-refractivity contribution is 6.14. The van der Waals surface area contributed by atoms with Crippen LogP contribution in [0.15, 0.2) is 36.4 Å². The first-order valence-corrected chi connectivity index (χ1v) is 6.45. The van der Waals surface area contributed by atoms with Crippen molar-refractivity contribution in [3.63, 3.8) is 0 Å². The third-order valence-corrected chi connectivity index (χ3v) is 3.46. The average molecular weight is 271 g/mol. The first-order chi connectivity index (χ1) is 9.43. The molecule has 0 saturated heterocycles. The van der Waals surface area contributed by atoms with Gasteiger partial charge in [0.2, 0.25) is 0 Å². The van der Waals surface area contributed by atoms with Gasteiger partial charge in [0.1, 0.15) is 0 Å². The molecule has 0 spiro atoms. The SMILES string of the molecule is CC(C)N(C)C(=O)c1cccc2cccc(C(=O)O)c12. The predicted molar refractivity (Wildman–Crippen MR) is 78.1 cm³/mol. The summed E-state index contributed by atoms with van der Waals surface area (Å²) < 4.78 is 0. The van der Waals surface area contributed by atoms with E-state index in [0.29, 0.717) is 10.9 Å². The maximum absolute atomic E-state index is 12.5. The van der Waals surface area contributed by atoms with Crippen molar-refractivity contribution in [2.45, 2.75) is 19.9 Å². The number of aromatic carboxylic acids is 1. The lowest BCUT2D eigenvalue weighted by atomic mass is 9.98. The molecule has 2 aromatic carbocycles. The zero-order valence-electron chi connectivity index (χ0n) is 11.8. The Balaban J connectivity index is 2.71. The van der Waals surface area contributed by atoms with Gasteiger partial charge in [-0.25, -0.2) is 4.79 Å². The summed E-state index contributed by atoms with van der Waals surface area (Å²) in [7, 11) is 1.72. The van der Waals surface area contributed by atoms with Crippen molar-refractivity contribution in [1.82, 2.24) is 4.90 Å². The standard InChI is InChI=1S/C16H17NO3/c1-10(2)17(3)15(18)12-8-4-6-11-7-5-9-13(14(11)12)16(19)20/h4-10H,1-3H3,(H,19,20). The summed E-state index contributed by atoms with van der Waals surface area (Å²) in [6.07, 6.45) is 0. The fourth-order valence-corrected chi connectivity index (χ4v) is 2.12. The molecule has 0 aliphatic rings. The van der Waals surface area contributed by atoms with Crippen LogP contribution in [0.25, 0.3) is 10.8 Å². The van der Waals surface area contributed by atoms with Crippen LogP contribution in [0, 0.1) is 0 Å². The lowest BCUT2D eigenvalue weighted by Crippen LogP contribution is -2.33. The van der Waals surface area contributed by atoms with Crippen LogP contribution in [-0.4, -0.2) is 35.0 Å². The maximum atomic E-state index is 12.5. The van der Waals surface area contributed by atoms with Crippen LogP contribution in [0.4, 0.5) is 0 Å². The van der Waals surface area contributed by atoms with Gasteiger partial charge in [-0.3, -0.25) is 4.79 Å². The molecule has 0 unspecified atom stereocenters. The van der Waals surface area contributed by atoms with Gasteiger partial charge in [-0.05, 0) is 31.4 Å². The van der Waals surface area contributed by atoms with Crippen LogP contribution in [0.3, 0.4) is 0 Å². The van der Waals surface area contributed by atoms with Gasteiger partial charge in [-0.15, -0.1) is 0 Å². The quantitative estimate of drug-likeness (QED) is 0.933. The third-order valence-electron chi connectivity index (χ3n) is 3.46. The highest BCUT2D eigenvalue weighted by atomic mass is 16.4. The summed E-state index contributed by atoms with van der Waals surface area (Å²) in [6.45, 7) is 3.84. The molecule has 0 bridgehead atoms. The Morgan fingerprint density at radius 2 is 1.60 bits per heavy atom. The molecule has 2 aromatic rings. The Kier molecular flexibility index (Phi) is 3.74. The fraction of sp³-hybridized carbons (Fsp3) is 0.250. The first kappa shape index (κ1) is 14.1. The number of nitrogens with zero attached hydrogens (tertiary/aromatic N) is 1. The molecule has 1 N–H and O–H groups in total. The molecule has 0 aliphatic carbocycles. The summed E-state index contributed by atoms with van der Waals surface area (Å²) in [5.74, 6) is -1.19. The van der Waals surface area contributed by atoms with E-state index >= 15 is 0 Å². The van der Waals surface area contributed by atoms with Crippen molar-refractivity contribution < 1.29 is 14.7 Å². The van der Waals surface area contributed by atoms with Gasteiger partial charge in [-0.1, -0.05) is 24.3 Å². The number of carboxylic acid groups (broad SMARTS) is 1. The van der Waals surface area contributed by atoms with Gasteiger partial charge in [0.25, 0.3) is 5.91 Å². The van der Waals surface area contributed by atoms with Crippen LogP contribution in [0.2, 0.25) is 0 Å². The fourth-order valence-electron chi connectivity index (χ4n) is 2.12. The molecule has 0 heterocycles. The lowest BCUT2D eigenvalue weighted by molar-refractivity contribution is 0.0699. The number of carboxylic acids is 1. The third kappa shape index (κ3) is 2.37. The average Bonchev–Trinajstić information content (AvgIpc) is 2.44. The zero-order valence-corrected chi connectivity index (χ0v) is 11.8. The second kappa shape index (κ2) is 5.33. The van der Waals surface area contributed by atoms with Gasteiger partial charge >= 0.3 is 5.97 Å². The lowest BCUT2D eigenvalue weighted by Gasteiger charge is -2.22. The van der Waals surface area contributed by atoms with Gasteiger partial charge in [0.15, 0.2) is 0 Å². The second-order valence-electron chi connectivity index (χ2n) is 5.02. The highest BCUT2D eigenvalue weighted by Crippen LogP contribution is 2.24. The van der Waals surface area contributed by atoms with E-state index in [9.17, 15) is 14.7 Å². The Bertz CT molecular complexity index is 671. The van der Waals surface area contributed by atoms with E-state index in [4.69, 9.17) is 0 Å². The van der Waals surface area contributed by atoms with Crippen molar-refractivity contribution in [2.24, 2.45) is 0 Å². The summed E-state index contributed by atoms with van der Waals surface area (Å²) >= 11 is 0. The topological polar surface area (TPSA) is 57.6 Å². The molecule has 2 rings (SSSR count). The van der Waals surface area contributed by atoms with Crippen LogP contribution in [0.5, 0.6) is 0 Å². The molecule has 0 aromatic heterocycles. The smallest absolute Gasteiger partial charge is 0.336 e. The van der Waals surface area contributed by atoms with E-state index in [1.807, 2.05) is 26.0 Å². The number of carbonyl (C=O) groups excluding carboxylic acids is 1. The van der Waals surface area contributed by atoms with Crippen LogP contribution in [0.1, 0.15) is 34.6 Å². The summed E-state index contributed by atoms with van der Waals surface area (Å²) in [5.41, 5.74) is 0.584. The number of hydrogen-bond acceptors (Lipinski definition) is 2. The normalized spacial score (nSPS) is 10.8. The minimum atomic E-state index is -1.02. The number of amides is 1. The van der Waals surface area contributed by atoms with Crippen molar-refractivity contribution in [3.05, 3.63) is 47.5 Å². The van der Waals surface area contributed by atoms with E-state index in [2.05, 4.69) is 0 Å². The van der Waals surface area contributed by atoms with Gasteiger partial charge in [-0.2, -0.15) is 0 Å². The van der Waals surface area contributed by atoms with E-state index in [1.165, 1.54) is 6.07 Å². The summed E-state index contributed by atoms with van der Waals surface area (Å²) in [6, 6.07) is 10.3. The number of fused-ring (bicyclic) bond motifs is 1. The number of benzene rings is 2. The minimum Gasteiger partial charge on any atom is -0.478 e. The van der Waals surface area contributed by atoms with Crippen LogP contribution >= 0.6 is 0 Å².